The molecule has 3 nitrogen and oxygen atoms in total. The number of aliphatic hydroxyl groups is 1. The van der Waals surface area contributed by atoms with Gasteiger partial charge in [0.25, 0.3) is 0 Å². The molecule has 0 aromatic heterocycles. The molecule has 4 aliphatic rings. The van der Waals surface area contributed by atoms with Crippen LogP contribution in [0.1, 0.15) is 104 Å². The van der Waals surface area contributed by atoms with Crippen molar-refractivity contribution in [1.29, 1.82) is 0 Å². The van der Waals surface area contributed by atoms with Crippen LogP contribution >= 0.6 is 0 Å². The lowest BCUT2D eigenvalue weighted by molar-refractivity contribution is -0.207. The van der Waals surface area contributed by atoms with E-state index in [2.05, 4.69) is 94.4 Å². The summed E-state index contributed by atoms with van der Waals surface area (Å²) < 4.78 is 5.75. The highest BCUT2D eigenvalue weighted by Crippen LogP contribution is 2.69. The summed E-state index contributed by atoms with van der Waals surface area (Å²) in [5.74, 6) is 3.41. The van der Waals surface area contributed by atoms with Crippen molar-refractivity contribution >= 4 is 11.5 Å². The highest BCUT2D eigenvalue weighted by molar-refractivity contribution is 5.79. The predicted molar refractivity (Wildman–Crippen MR) is 175 cm³/mol. The second kappa shape index (κ2) is 12.2. The molecule has 0 radical (unpaired) electrons. The monoisotopic (exact) mass is 582 g/mol. The SMILES string of the molecule is CC[C@@H]1C2C[C@H](OC(C)=O)CC[C@]2(C)C2CC[C@@]3(C)C(CC[C@@H]3[C@H](C)CC=C(c3ccccc3)c3ccccc3)C2[C@@H]1O. The standard InChI is InChI=1S/C40H54O3/c1-6-31-36-25-30(43-27(3)41)21-23-40(36,5)35-22-24-39(4)33(19-20-34(39)37(35)38(31)42)26(2)17-18-32(28-13-9-7-10-14-28)29-15-11-8-12-16-29/h7-16,18,26,30-31,33-38,42H,6,17,19-25H2,1-5H3/t26-,30-,31-,33-,34?,35?,36?,37?,38-,39-,40-/m1/s1. The molecule has 4 saturated carbocycles. The minimum atomic E-state index is -0.245. The van der Waals surface area contributed by atoms with E-state index in [1.807, 2.05) is 0 Å². The first kappa shape index (κ1) is 30.6. The molecule has 0 spiro atoms. The number of aliphatic hydroxyl groups excluding tert-OH is 1. The topological polar surface area (TPSA) is 46.5 Å². The number of benzene rings is 2. The fraction of sp³-hybridized carbons (Fsp3) is 0.625. The van der Waals surface area contributed by atoms with Crippen LogP contribution in [-0.2, 0) is 9.53 Å². The first-order valence-corrected chi connectivity index (χ1v) is 17.3. The molecular weight excluding hydrogens is 528 g/mol. The molecule has 3 heteroatoms. The first-order valence-electron chi connectivity index (χ1n) is 17.3. The smallest absolute Gasteiger partial charge is 0.302 e. The summed E-state index contributed by atoms with van der Waals surface area (Å²) in [6.07, 6.45) is 12.4. The zero-order valence-electron chi connectivity index (χ0n) is 27.2. The van der Waals surface area contributed by atoms with Gasteiger partial charge in [-0.15, -0.1) is 0 Å². The summed E-state index contributed by atoms with van der Waals surface area (Å²) in [5, 5.41) is 12.2. The third kappa shape index (κ3) is 5.43. The van der Waals surface area contributed by atoms with Crippen molar-refractivity contribution in [1.82, 2.24) is 0 Å². The summed E-state index contributed by atoms with van der Waals surface area (Å²) >= 11 is 0. The van der Waals surface area contributed by atoms with E-state index in [-0.39, 0.29) is 29.0 Å². The van der Waals surface area contributed by atoms with E-state index in [1.165, 1.54) is 49.3 Å². The lowest BCUT2D eigenvalue weighted by Gasteiger charge is -2.64. The Morgan fingerprint density at radius 3 is 2.12 bits per heavy atom. The van der Waals surface area contributed by atoms with Crippen LogP contribution in [0.4, 0.5) is 0 Å². The third-order valence-corrected chi connectivity index (χ3v) is 13.3. The van der Waals surface area contributed by atoms with Crippen LogP contribution in [-0.4, -0.2) is 23.3 Å². The second-order valence-corrected chi connectivity index (χ2v) is 15.3. The van der Waals surface area contributed by atoms with Gasteiger partial charge in [-0.25, -0.2) is 0 Å². The molecule has 2 aromatic carbocycles. The van der Waals surface area contributed by atoms with Crippen molar-refractivity contribution < 1.29 is 14.6 Å². The predicted octanol–water partition coefficient (Wildman–Crippen LogP) is 9.34. The minimum Gasteiger partial charge on any atom is -0.463 e. The molecule has 1 N–H and O–H groups in total. The van der Waals surface area contributed by atoms with E-state index in [0.717, 1.165) is 32.1 Å². The van der Waals surface area contributed by atoms with Gasteiger partial charge < -0.3 is 9.84 Å². The van der Waals surface area contributed by atoms with E-state index < -0.39 is 0 Å². The Labute approximate surface area is 260 Å². The van der Waals surface area contributed by atoms with Crippen LogP contribution in [0.5, 0.6) is 0 Å². The number of carbonyl (C=O) groups is 1. The van der Waals surface area contributed by atoms with Crippen molar-refractivity contribution in [3.63, 3.8) is 0 Å². The Hall–Kier alpha value is -2.39. The van der Waals surface area contributed by atoms with Gasteiger partial charge in [-0.2, -0.15) is 0 Å². The first-order chi connectivity index (χ1) is 20.7. The van der Waals surface area contributed by atoms with Crippen molar-refractivity contribution in [3.8, 4) is 0 Å². The lowest BCUT2D eigenvalue weighted by atomic mass is 9.41. The normalized spacial score (nSPS) is 39.1. The molecule has 0 saturated heterocycles. The highest BCUT2D eigenvalue weighted by atomic mass is 16.5. The van der Waals surface area contributed by atoms with Crippen molar-refractivity contribution in [2.45, 2.75) is 105 Å². The maximum atomic E-state index is 12.2. The molecule has 4 unspecified atom stereocenters. The molecule has 2 aromatic rings. The number of fused-ring (bicyclic) bond motifs is 5. The van der Waals surface area contributed by atoms with Crippen LogP contribution in [0, 0.1) is 52.3 Å². The average Bonchev–Trinajstić information content (AvgIpc) is 3.36. The number of hydrogen-bond donors (Lipinski definition) is 1. The van der Waals surface area contributed by atoms with Crippen LogP contribution in [0.15, 0.2) is 66.7 Å². The van der Waals surface area contributed by atoms with E-state index >= 15 is 0 Å². The molecule has 0 aliphatic heterocycles. The molecule has 0 amide bonds. The number of ether oxygens (including phenoxy) is 1. The van der Waals surface area contributed by atoms with Gasteiger partial charge in [0.05, 0.1) is 6.10 Å². The Morgan fingerprint density at radius 1 is 0.907 bits per heavy atom. The van der Waals surface area contributed by atoms with Crippen LogP contribution < -0.4 is 0 Å². The van der Waals surface area contributed by atoms with E-state index in [1.54, 1.807) is 0 Å². The summed E-state index contributed by atoms with van der Waals surface area (Å²) in [7, 11) is 0. The number of allylic oxidation sites excluding steroid dienone is 1. The molecule has 43 heavy (non-hydrogen) atoms. The maximum Gasteiger partial charge on any atom is 0.302 e. The van der Waals surface area contributed by atoms with Gasteiger partial charge in [0.15, 0.2) is 0 Å². The molecule has 0 heterocycles. The van der Waals surface area contributed by atoms with Gasteiger partial charge in [-0.1, -0.05) is 101 Å². The van der Waals surface area contributed by atoms with Crippen molar-refractivity contribution in [2.75, 3.05) is 0 Å². The number of carbonyl (C=O) groups excluding carboxylic acids is 1. The van der Waals surface area contributed by atoms with E-state index in [9.17, 15) is 9.90 Å². The van der Waals surface area contributed by atoms with Gasteiger partial charge in [0.1, 0.15) is 6.10 Å². The number of esters is 1. The van der Waals surface area contributed by atoms with E-state index in [4.69, 9.17) is 4.74 Å². The number of hydrogen-bond acceptors (Lipinski definition) is 3. The van der Waals surface area contributed by atoms with Crippen LogP contribution in [0.2, 0.25) is 0 Å². The van der Waals surface area contributed by atoms with Gasteiger partial charge in [0.2, 0.25) is 0 Å². The molecule has 6 rings (SSSR count). The summed E-state index contributed by atoms with van der Waals surface area (Å²) in [5.41, 5.74) is 4.44. The van der Waals surface area contributed by atoms with Crippen LogP contribution in [0.25, 0.3) is 5.57 Å². The lowest BCUT2D eigenvalue weighted by Crippen LogP contribution is -2.62. The van der Waals surface area contributed by atoms with Gasteiger partial charge in [-0.3, -0.25) is 4.79 Å². The van der Waals surface area contributed by atoms with Crippen molar-refractivity contribution in [2.24, 2.45) is 52.3 Å². The molecule has 11 atom stereocenters. The Morgan fingerprint density at radius 2 is 1.51 bits per heavy atom. The minimum absolute atomic E-state index is 0.0173. The van der Waals surface area contributed by atoms with Gasteiger partial charge in [0, 0.05) is 6.92 Å². The Kier molecular flexibility index (Phi) is 8.68. The zero-order valence-corrected chi connectivity index (χ0v) is 27.2. The van der Waals surface area contributed by atoms with Crippen molar-refractivity contribution in [3.05, 3.63) is 77.9 Å². The van der Waals surface area contributed by atoms with Gasteiger partial charge >= 0.3 is 5.97 Å². The fourth-order valence-corrected chi connectivity index (χ4v) is 11.4. The fourth-order valence-electron chi connectivity index (χ4n) is 11.4. The quantitative estimate of drug-likeness (QED) is 0.331. The van der Waals surface area contributed by atoms with E-state index in [0.29, 0.717) is 41.4 Å². The largest absolute Gasteiger partial charge is 0.463 e. The number of rotatable bonds is 7. The Bertz CT molecular complexity index is 1240. The molecule has 232 valence electrons. The second-order valence-electron chi connectivity index (χ2n) is 15.3. The highest BCUT2D eigenvalue weighted by Gasteiger charge is 2.65. The summed E-state index contributed by atoms with van der Waals surface area (Å²) in [6, 6.07) is 21.7. The molecule has 4 aliphatic carbocycles. The van der Waals surface area contributed by atoms with Crippen LogP contribution in [0.3, 0.4) is 0 Å². The zero-order chi connectivity index (χ0) is 30.4. The summed E-state index contributed by atoms with van der Waals surface area (Å²) in [4.78, 5) is 11.8. The van der Waals surface area contributed by atoms with Gasteiger partial charge in [-0.05, 0) is 120 Å². The third-order valence-electron chi connectivity index (χ3n) is 13.3. The molecular formula is C40H54O3. The Balaban J connectivity index is 1.24. The summed E-state index contributed by atoms with van der Waals surface area (Å²) in [6.45, 7) is 11.4. The molecule has 4 fully saturated rings. The molecule has 0 bridgehead atoms. The maximum absolute atomic E-state index is 12.2. The average molecular weight is 583 g/mol.